The molecular weight excluding hydrogens is 517 g/mol. The van der Waals surface area contributed by atoms with E-state index in [0.29, 0.717) is 26.1 Å². The summed E-state index contributed by atoms with van der Waals surface area (Å²) in [6, 6.07) is 14.3. The van der Waals surface area contributed by atoms with Gasteiger partial charge in [-0.25, -0.2) is 18.1 Å². The van der Waals surface area contributed by atoms with Gasteiger partial charge in [-0.1, -0.05) is 58.1 Å². The summed E-state index contributed by atoms with van der Waals surface area (Å²) in [5.74, 6) is -0.160. The van der Waals surface area contributed by atoms with Crippen molar-refractivity contribution in [2.75, 3.05) is 4.72 Å². The molecule has 0 fully saturated rings. The van der Waals surface area contributed by atoms with Gasteiger partial charge in [0, 0.05) is 6.92 Å². The van der Waals surface area contributed by atoms with Crippen molar-refractivity contribution >= 4 is 49.3 Å². The second-order valence-corrected chi connectivity index (χ2v) is 11.8. The molecule has 0 atom stereocenters. The lowest BCUT2D eigenvalue weighted by molar-refractivity contribution is 0.101. The molecule has 0 saturated carbocycles. The topological polar surface area (TPSA) is 119 Å². The van der Waals surface area contributed by atoms with Gasteiger partial charge in [0.25, 0.3) is 10.0 Å². The zero-order valence-corrected chi connectivity index (χ0v) is 22.8. The van der Waals surface area contributed by atoms with Crippen LogP contribution in [0.1, 0.15) is 45.3 Å². The first-order valence-electron chi connectivity index (χ1n) is 10.9. The van der Waals surface area contributed by atoms with E-state index in [2.05, 4.69) is 25.0 Å². The van der Waals surface area contributed by atoms with E-state index in [4.69, 9.17) is 0 Å². The summed E-state index contributed by atoms with van der Waals surface area (Å²) >= 11 is 2.32. The minimum absolute atomic E-state index is 0.160. The number of thiazole rings is 1. The summed E-state index contributed by atoms with van der Waals surface area (Å²) in [7, 11) is -3.77. The maximum Gasteiger partial charge on any atom is 0.263 e. The van der Waals surface area contributed by atoms with Crippen LogP contribution in [-0.4, -0.2) is 34.7 Å². The summed E-state index contributed by atoms with van der Waals surface area (Å²) in [4.78, 5) is 17.6. The molecule has 186 valence electrons. The van der Waals surface area contributed by atoms with Gasteiger partial charge in [-0.05, 0) is 52.0 Å². The molecule has 0 unspecified atom stereocenters. The molecule has 0 spiro atoms. The Morgan fingerprint density at radius 1 is 0.944 bits per heavy atom. The molecule has 2 aromatic heterocycles. The number of nitrogens with one attached hydrogen (secondary N) is 1. The van der Waals surface area contributed by atoms with Gasteiger partial charge in [0.05, 0.1) is 26.9 Å². The van der Waals surface area contributed by atoms with Gasteiger partial charge in [0.1, 0.15) is 0 Å². The quantitative estimate of drug-likeness (QED) is 0.208. The predicted molar refractivity (Wildman–Crippen MR) is 143 cm³/mol. The number of hydrogen-bond acceptors (Lipinski definition) is 9. The molecule has 0 bridgehead atoms. The largest absolute Gasteiger partial charge is 0.292 e. The lowest BCUT2D eigenvalue weighted by atomic mass is 10.2. The van der Waals surface area contributed by atoms with Crippen LogP contribution >= 0.6 is 22.7 Å². The van der Waals surface area contributed by atoms with Crippen molar-refractivity contribution in [3.63, 3.8) is 0 Å². The number of benzene rings is 2. The molecule has 9 nitrogen and oxygen atoms in total. The highest BCUT2D eigenvalue weighted by Gasteiger charge is 2.18. The van der Waals surface area contributed by atoms with Gasteiger partial charge in [0.15, 0.2) is 15.9 Å². The van der Waals surface area contributed by atoms with E-state index in [0.717, 1.165) is 28.2 Å². The monoisotopic (exact) mass is 540 g/mol. The SMILES string of the molecule is CC(=O)c1nn(-c2ccc(C)cc2)/c(=N/N=C(\C)c2sc(NS(=O)(=O)c3ccc(C)cc3)nc2C)s1. The van der Waals surface area contributed by atoms with Gasteiger partial charge in [-0.15, -0.1) is 5.10 Å². The number of Topliss-reactive ketones (excluding diaryl/α,β-unsaturated/α-hetero) is 1. The van der Waals surface area contributed by atoms with Gasteiger partial charge in [0.2, 0.25) is 4.80 Å². The Bertz CT molecular complexity index is 1630. The average Bonchev–Trinajstić information content (AvgIpc) is 3.41. The van der Waals surface area contributed by atoms with E-state index >= 15 is 0 Å². The lowest BCUT2D eigenvalue weighted by Crippen LogP contribution is -2.14. The van der Waals surface area contributed by atoms with Crippen LogP contribution in [0.5, 0.6) is 0 Å². The fourth-order valence-corrected chi connectivity index (χ4v) is 6.07. The summed E-state index contributed by atoms with van der Waals surface area (Å²) in [6.45, 7) is 8.88. The molecule has 0 aliphatic rings. The van der Waals surface area contributed by atoms with Crippen molar-refractivity contribution in [1.82, 2.24) is 14.8 Å². The Balaban J connectivity index is 1.66. The van der Waals surface area contributed by atoms with Crippen molar-refractivity contribution in [3.05, 3.63) is 80.0 Å². The van der Waals surface area contributed by atoms with E-state index in [9.17, 15) is 13.2 Å². The second-order valence-electron chi connectivity index (χ2n) is 8.13. The molecule has 2 aromatic carbocycles. The number of rotatable bonds is 7. The molecule has 2 heterocycles. The Hall–Kier alpha value is -3.48. The van der Waals surface area contributed by atoms with Gasteiger partial charge in [-0.2, -0.15) is 10.2 Å². The molecule has 0 aliphatic heterocycles. The minimum Gasteiger partial charge on any atom is -0.292 e. The van der Waals surface area contributed by atoms with Crippen molar-refractivity contribution in [1.29, 1.82) is 0 Å². The Morgan fingerprint density at radius 3 is 2.17 bits per heavy atom. The lowest BCUT2D eigenvalue weighted by Gasteiger charge is -2.05. The van der Waals surface area contributed by atoms with Gasteiger partial charge < -0.3 is 0 Å². The normalized spacial score (nSPS) is 12.7. The molecule has 1 N–H and O–H groups in total. The first-order chi connectivity index (χ1) is 17.0. The first-order valence-corrected chi connectivity index (χ1v) is 14.0. The molecule has 0 aliphatic carbocycles. The molecule has 4 aromatic rings. The number of ketones is 1. The van der Waals surface area contributed by atoms with Crippen LogP contribution in [0.4, 0.5) is 5.13 Å². The van der Waals surface area contributed by atoms with Crippen molar-refractivity contribution in [2.45, 2.75) is 39.5 Å². The highest BCUT2D eigenvalue weighted by Crippen LogP contribution is 2.26. The van der Waals surface area contributed by atoms with E-state index in [-0.39, 0.29) is 15.8 Å². The van der Waals surface area contributed by atoms with Crippen LogP contribution in [0.3, 0.4) is 0 Å². The van der Waals surface area contributed by atoms with E-state index in [1.54, 1.807) is 42.8 Å². The molecule has 12 heteroatoms. The van der Waals surface area contributed by atoms with Crippen LogP contribution in [-0.2, 0) is 10.0 Å². The predicted octanol–water partition coefficient (Wildman–Crippen LogP) is 4.64. The fraction of sp³-hybridized carbons (Fsp3) is 0.208. The number of hydrogen-bond donors (Lipinski definition) is 1. The number of sulfonamides is 1. The number of carbonyl (C=O) groups is 1. The third kappa shape index (κ3) is 5.66. The van der Waals surface area contributed by atoms with E-state index < -0.39 is 10.0 Å². The minimum atomic E-state index is -3.77. The highest BCUT2D eigenvalue weighted by atomic mass is 32.2. The van der Waals surface area contributed by atoms with Gasteiger partial charge in [-0.3, -0.25) is 9.52 Å². The standard InChI is InChI=1S/C24H24N6O3S3/c1-14-6-10-19(11-7-14)30-24(35-22(28-30)18(5)31)27-26-17(4)21-16(3)25-23(34-21)29-36(32,33)20-12-8-15(2)9-13-20/h6-13H,1-5H3,(H,25,29)/b26-17+,27-24-. The van der Waals surface area contributed by atoms with Crippen molar-refractivity contribution in [2.24, 2.45) is 10.2 Å². The Kier molecular flexibility index (Phi) is 7.29. The van der Waals surface area contributed by atoms with E-state index in [1.165, 1.54) is 18.3 Å². The van der Waals surface area contributed by atoms with Crippen LogP contribution < -0.4 is 9.52 Å². The molecule has 4 rings (SSSR count). The first kappa shape index (κ1) is 25.6. The van der Waals surface area contributed by atoms with Crippen LogP contribution in [0.2, 0.25) is 0 Å². The third-order valence-corrected chi connectivity index (χ3v) is 8.77. The maximum absolute atomic E-state index is 12.7. The average molecular weight is 541 g/mol. The zero-order valence-electron chi connectivity index (χ0n) is 20.3. The number of nitrogens with zero attached hydrogens (tertiary/aromatic N) is 5. The summed E-state index contributed by atoms with van der Waals surface area (Å²) in [5, 5.41) is 13.7. The molecular formula is C24H24N6O3S3. The molecule has 0 radical (unpaired) electrons. The Morgan fingerprint density at radius 2 is 1.56 bits per heavy atom. The molecule has 0 amide bonds. The van der Waals surface area contributed by atoms with Crippen molar-refractivity contribution in [3.8, 4) is 5.69 Å². The smallest absolute Gasteiger partial charge is 0.263 e. The second kappa shape index (κ2) is 10.2. The van der Waals surface area contributed by atoms with Crippen molar-refractivity contribution < 1.29 is 13.2 Å². The maximum atomic E-state index is 12.7. The Labute approximate surface area is 217 Å². The zero-order chi connectivity index (χ0) is 26.0. The van der Waals surface area contributed by atoms with E-state index in [1.807, 2.05) is 38.1 Å². The number of anilines is 1. The van der Waals surface area contributed by atoms with Gasteiger partial charge >= 0.3 is 0 Å². The fourth-order valence-electron chi connectivity index (χ4n) is 3.17. The summed E-state index contributed by atoms with van der Waals surface area (Å²) < 4.78 is 29.6. The number of aryl methyl sites for hydroxylation is 3. The van der Waals surface area contributed by atoms with Crippen LogP contribution in [0.15, 0.2) is 63.6 Å². The number of carbonyl (C=O) groups excluding carboxylic acids is 1. The molecule has 0 saturated heterocycles. The highest BCUT2D eigenvalue weighted by molar-refractivity contribution is 7.93. The summed E-state index contributed by atoms with van der Waals surface area (Å²) in [5.41, 5.74) is 4.01. The summed E-state index contributed by atoms with van der Waals surface area (Å²) in [6.07, 6.45) is 0. The van der Waals surface area contributed by atoms with Crippen LogP contribution in [0, 0.1) is 20.8 Å². The van der Waals surface area contributed by atoms with Crippen LogP contribution in [0.25, 0.3) is 5.69 Å². The third-order valence-electron chi connectivity index (χ3n) is 5.10. The molecule has 36 heavy (non-hydrogen) atoms. The number of aromatic nitrogens is 3.